The molecule has 0 aromatic rings. The number of piperidine rings is 1. The first-order valence-electron chi connectivity index (χ1n) is 4.21. The van der Waals surface area contributed by atoms with Gasteiger partial charge in [-0.1, -0.05) is 11.7 Å². The summed E-state index contributed by atoms with van der Waals surface area (Å²) < 4.78 is 4.74. The van der Waals surface area contributed by atoms with Crippen LogP contribution in [0.1, 0.15) is 12.8 Å². The van der Waals surface area contributed by atoms with Gasteiger partial charge in [0.05, 0.1) is 0 Å². The zero-order valence-electron chi connectivity index (χ0n) is 6.87. The maximum atomic E-state index is 4.22. The topological polar surface area (TPSA) is 6.48 Å². The molecular formula is C7H13IN2S2. The fourth-order valence-corrected chi connectivity index (χ4v) is 4.32. The second-order valence-corrected chi connectivity index (χ2v) is 6.32. The molecular weight excluding hydrogens is 303 g/mol. The van der Waals surface area contributed by atoms with E-state index in [2.05, 4.69) is 41.9 Å². The first-order chi connectivity index (χ1) is 5.74. The number of nitrogens with zero attached hydrogens (tertiary/aromatic N) is 2. The molecule has 2 nitrogen and oxygen atoms in total. The number of hydrogen-bond donors (Lipinski definition) is 1. The van der Waals surface area contributed by atoms with E-state index in [1.807, 2.05) is 0 Å². The van der Waals surface area contributed by atoms with Gasteiger partial charge in [-0.15, -0.1) is 0 Å². The van der Waals surface area contributed by atoms with Crippen LogP contribution in [0.4, 0.5) is 0 Å². The van der Waals surface area contributed by atoms with Gasteiger partial charge in [0.15, 0.2) is 0 Å². The van der Waals surface area contributed by atoms with Gasteiger partial charge in [0.25, 0.3) is 0 Å². The zero-order chi connectivity index (χ0) is 8.60. The molecule has 70 valence electrons. The summed E-state index contributed by atoms with van der Waals surface area (Å²) in [6, 6.07) is 0. The van der Waals surface area contributed by atoms with Crippen LogP contribution in [0.25, 0.3) is 0 Å². The van der Waals surface area contributed by atoms with E-state index in [1.54, 1.807) is 11.0 Å². The number of halogens is 1. The second kappa shape index (κ2) is 3.84. The van der Waals surface area contributed by atoms with Crippen LogP contribution in [0, 0.1) is 5.41 Å². The lowest BCUT2D eigenvalue weighted by atomic mass is 9.74. The van der Waals surface area contributed by atoms with Gasteiger partial charge in [-0.25, -0.2) is 7.42 Å². The molecule has 0 N–H and O–H groups in total. The average Bonchev–Trinajstić information content (AvgIpc) is 2.04. The van der Waals surface area contributed by atoms with Crippen molar-refractivity contribution in [2.24, 2.45) is 5.41 Å². The Morgan fingerprint density at radius 1 is 1.25 bits per heavy atom. The SMILES string of the molecule is SSN1CCC2(CC1)CN(I)C2. The highest BCUT2D eigenvalue weighted by atomic mass is 127. The smallest absolute Gasteiger partial charge is 0.0201 e. The Kier molecular flexibility index (Phi) is 3.17. The minimum absolute atomic E-state index is 0.682. The van der Waals surface area contributed by atoms with Crippen molar-refractivity contribution in [2.75, 3.05) is 26.2 Å². The van der Waals surface area contributed by atoms with Crippen LogP contribution in [0.3, 0.4) is 0 Å². The lowest BCUT2D eigenvalue weighted by Crippen LogP contribution is -2.55. The zero-order valence-corrected chi connectivity index (χ0v) is 10.7. The minimum Gasteiger partial charge on any atom is -0.246 e. The Morgan fingerprint density at radius 2 is 1.83 bits per heavy atom. The largest absolute Gasteiger partial charge is 0.246 e. The van der Waals surface area contributed by atoms with Gasteiger partial charge in [-0.2, -0.15) is 0 Å². The lowest BCUT2D eigenvalue weighted by Gasteiger charge is -2.51. The lowest BCUT2D eigenvalue weighted by molar-refractivity contribution is 0.0405. The molecule has 2 heterocycles. The summed E-state index contributed by atoms with van der Waals surface area (Å²) in [6.07, 6.45) is 2.72. The minimum atomic E-state index is 0.682. The van der Waals surface area contributed by atoms with Crippen LogP contribution in [0.15, 0.2) is 0 Å². The molecule has 12 heavy (non-hydrogen) atoms. The van der Waals surface area contributed by atoms with Gasteiger partial charge >= 0.3 is 0 Å². The third-order valence-corrected chi connectivity index (χ3v) is 4.88. The molecule has 2 aliphatic heterocycles. The van der Waals surface area contributed by atoms with Crippen molar-refractivity contribution in [1.82, 2.24) is 7.42 Å². The Labute approximate surface area is 96.9 Å². The third kappa shape index (κ3) is 1.89. The van der Waals surface area contributed by atoms with E-state index in [0.29, 0.717) is 5.41 Å². The summed E-state index contributed by atoms with van der Waals surface area (Å²) in [7, 11) is 1.59. The first-order valence-corrected chi connectivity index (χ1v) is 7.00. The highest BCUT2D eigenvalue weighted by molar-refractivity contribution is 14.1. The van der Waals surface area contributed by atoms with E-state index in [9.17, 15) is 0 Å². The van der Waals surface area contributed by atoms with Crippen LogP contribution in [0.2, 0.25) is 0 Å². The summed E-state index contributed by atoms with van der Waals surface area (Å²) in [6.45, 7) is 5.05. The summed E-state index contributed by atoms with van der Waals surface area (Å²) in [5.74, 6) is 0. The van der Waals surface area contributed by atoms with E-state index < -0.39 is 0 Å². The highest BCUT2D eigenvalue weighted by Crippen LogP contribution is 2.43. The van der Waals surface area contributed by atoms with Gasteiger partial charge in [0, 0.05) is 49.0 Å². The molecule has 5 heteroatoms. The number of thiol groups is 1. The van der Waals surface area contributed by atoms with Crippen molar-refractivity contribution in [1.29, 1.82) is 0 Å². The van der Waals surface area contributed by atoms with Crippen LogP contribution in [-0.2, 0) is 0 Å². The standard InChI is InChI=1S/C7H13IN2S2/c8-9-5-7(6-9)1-3-10(12-11)4-2-7/h11H,1-6H2. The predicted octanol–water partition coefficient (Wildman–Crippen LogP) is 2.23. The van der Waals surface area contributed by atoms with Crippen molar-refractivity contribution < 1.29 is 0 Å². The molecule has 0 bridgehead atoms. The van der Waals surface area contributed by atoms with E-state index in [4.69, 9.17) is 0 Å². The predicted molar refractivity (Wildman–Crippen MR) is 65.4 cm³/mol. The van der Waals surface area contributed by atoms with Crippen LogP contribution >= 0.6 is 45.5 Å². The van der Waals surface area contributed by atoms with E-state index >= 15 is 0 Å². The fraction of sp³-hybridized carbons (Fsp3) is 1.00. The van der Waals surface area contributed by atoms with Crippen molar-refractivity contribution in [3.8, 4) is 0 Å². The molecule has 0 amide bonds. The van der Waals surface area contributed by atoms with Gasteiger partial charge < -0.3 is 0 Å². The quantitative estimate of drug-likeness (QED) is 0.261. The van der Waals surface area contributed by atoms with Gasteiger partial charge in [0.1, 0.15) is 0 Å². The molecule has 1 spiro atoms. The molecule has 0 radical (unpaired) electrons. The molecule has 2 aliphatic rings. The number of rotatable bonds is 1. The summed E-state index contributed by atoms with van der Waals surface area (Å²) >= 11 is 6.64. The maximum absolute atomic E-state index is 4.22. The van der Waals surface area contributed by atoms with E-state index in [1.165, 1.54) is 39.0 Å². The van der Waals surface area contributed by atoms with Crippen molar-refractivity contribution >= 4 is 45.5 Å². The molecule has 0 aliphatic carbocycles. The third-order valence-electron chi connectivity index (χ3n) is 2.91. The molecule has 2 saturated heterocycles. The van der Waals surface area contributed by atoms with E-state index in [-0.39, 0.29) is 0 Å². The Hall–Kier alpha value is 1.35. The maximum Gasteiger partial charge on any atom is 0.0201 e. The Bertz CT molecular complexity index is 163. The van der Waals surface area contributed by atoms with Crippen LogP contribution in [0.5, 0.6) is 0 Å². The molecule has 0 unspecified atom stereocenters. The highest BCUT2D eigenvalue weighted by Gasteiger charge is 2.43. The Balaban J connectivity index is 1.83. The van der Waals surface area contributed by atoms with Gasteiger partial charge in [0.2, 0.25) is 0 Å². The van der Waals surface area contributed by atoms with Crippen molar-refractivity contribution in [2.45, 2.75) is 12.8 Å². The monoisotopic (exact) mass is 316 g/mol. The van der Waals surface area contributed by atoms with Crippen molar-refractivity contribution in [3.63, 3.8) is 0 Å². The normalized spacial score (nSPS) is 30.5. The van der Waals surface area contributed by atoms with Gasteiger partial charge in [-0.3, -0.25) is 0 Å². The molecule has 0 aromatic carbocycles. The van der Waals surface area contributed by atoms with Crippen LogP contribution < -0.4 is 0 Å². The van der Waals surface area contributed by atoms with E-state index in [0.717, 1.165) is 0 Å². The molecule has 0 saturated carbocycles. The summed E-state index contributed by atoms with van der Waals surface area (Å²) in [4.78, 5) is 0. The van der Waals surface area contributed by atoms with Crippen molar-refractivity contribution in [3.05, 3.63) is 0 Å². The first kappa shape index (κ1) is 9.89. The number of hydrogen-bond acceptors (Lipinski definition) is 4. The second-order valence-electron chi connectivity index (χ2n) is 3.79. The summed E-state index contributed by atoms with van der Waals surface area (Å²) in [5, 5.41) is 0. The Morgan fingerprint density at radius 3 is 2.25 bits per heavy atom. The molecule has 2 fully saturated rings. The fourth-order valence-electron chi connectivity index (χ4n) is 2.04. The van der Waals surface area contributed by atoms with Crippen LogP contribution in [-0.4, -0.2) is 33.6 Å². The molecule has 2 rings (SSSR count). The summed E-state index contributed by atoms with van der Waals surface area (Å²) in [5.41, 5.74) is 0.682. The average molecular weight is 316 g/mol. The molecule has 0 aromatic heterocycles. The van der Waals surface area contributed by atoms with Gasteiger partial charge in [-0.05, 0) is 29.2 Å². The molecule has 0 atom stereocenters.